The molecule has 2 rings (SSSR count). The van der Waals surface area contributed by atoms with Gasteiger partial charge in [-0.05, 0) is 25.0 Å². The second kappa shape index (κ2) is 8.58. The average molecular weight is 282 g/mol. The number of aliphatic carboxylic acids is 2. The van der Waals surface area contributed by atoms with Crippen LogP contribution in [-0.4, -0.2) is 32.4 Å². The summed E-state index contributed by atoms with van der Waals surface area (Å²) in [6.45, 7) is 2.17. The predicted molar refractivity (Wildman–Crippen MR) is 73.7 cm³/mol. The Bertz CT molecular complexity index is 485. The molecule has 0 aromatic heterocycles. The van der Waals surface area contributed by atoms with Gasteiger partial charge in [-0.1, -0.05) is 12.2 Å². The smallest absolute Gasteiger partial charge is 0.300 e. The molecule has 0 aliphatic heterocycles. The maximum Gasteiger partial charge on any atom is 0.300 e. The van der Waals surface area contributed by atoms with Gasteiger partial charge in [0.25, 0.3) is 11.9 Å². The van der Waals surface area contributed by atoms with Crippen molar-refractivity contribution in [1.82, 2.24) is 0 Å². The zero-order valence-electron chi connectivity index (χ0n) is 11.3. The van der Waals surface area contributed by atoms with Crippen molar-refractivity contribution in [3.63, 3.8) is 0 Å². The van der Waals surface area contributed by atoms with Gasteiger partial charge in [0.1, 0.15) is 11.5 Å². The van der Waals surface area contributed by atoms with Gasteiger partial charge >= 0.3 is 0 Å². The lowest BCUT2D eigenvalue weighted by Crippen LogP contribution is -1.94. The fraction of sp³-hybridized carbons (Fsp3) is 0.286. The van der Waals surface area contributed by atoms with Gasteiger partial charge in [0.2, 0.25) is 0 Å². The minimum Gasteiger partial charge on any atom is -0.508 e. The van der Waals surface area contributed by atoms with Crippen LogP contribution in [0.3, 0.4) is 0 Å². The fourth-order valence-electron chi connectivity index (χ4n) is 1.52. The number of carboxylic acids is 2. The molecule has 20 heavy (non-hydrogen) atoms. The summed E-state index contributed by atoms with van der Waals surface area (Å²) in [7, 11) is 0. The van der Waals surface area contributed by atoms with E-state index in [1.807, 2.05) is 12.2 Å². The number of carboxylic acid groups (broad SMARTS) is 2. The molecule has 0 bridgehead atoms. The van der Waals surface area contributed by atoms with Gasteiger partial charge in [-0.25, -0.2) is 0 Å². The maximum absolute atomic E-state index is 9.44. The summed E-state index contributed by atoms with van der Waals surface area (Å²) in [6, 6.07) is 3.05. The molecule has 6 nitrogen and oxygen atoms in total. The molecule has 0 saturated heterocycles. The Morgan fingerprint density at radius 2 is 1.45 bits per heavy atom. The first-order chi connectivity index (χ1) is 9.25. The Balaban J connectivity index is 0.000000380. The summed E-state index contributed by atoms with van der Waals surface area (Å²) in [5.41, 5.74) is 1.62. The molecule has 0 radical (unpaired) electrons. The number of allylic oxidation sites excluding steroid dienone is 1. The van der Waals surface area contributed by atoms with Crippen molar-refractivity contribution in [2.75, 3.05) is 0 Å². The molecule has 0 spiro atoms. The molecule has 0 atom stereocenters. The third-order valence-corrected chi connectivity index (χ3v) is 2.15. The maximum atomic E-state index is 9.44. The van der Waals surface area contributed by atoms with E-state index in [-0.39, 0.29) is 11.5 Å². The number of phenols is 2. The minimum atomic E-state index is -0.833. The van der Waals surface area contributed by atoms with E-state index in [4.69, 9.17) is 19.8 Å². The molecule has 1 aliphatic carbocycles. The molecule has 1 aromatic carbocycles. The van der Waals surface area contributed by atoms with Crippen LogP contribution < -0.4 is 0 Å². The van der Waals surface area contributed by atoms with Gasteiger partial charge in [-0.15, -0.1) is 0 Å². The summed E-state index contributed by atoms with van der Waals surface area (Å²) < 4.78 is 0. The first-order valence-electron chi connectivity index (χ1n) is 5.85. The molecule has 4 N–H and O–H groups in total. The SMILES string of the molecule is CC(=O)O.CC(=O)O.Oc1ccc(O)c2c1C=CCC2. The van der Waals surface area contributed by atoms with Crippen LogP contribution in [0.25, 0.3) is 6.08 Å². The van der Waals surface area contributed by atoms with E-state index < -0.39 is 11.9 Å². The van der Waals surface area contributed by atoms with Crippen LogP contribution in [0.4, 0.5) is 0 Å². The topological polar surface area (TPSA) is 115 Å². The molecule has 0 amide bonds. The average Bonchev–Trinajstić information content (AvgIpc) is 2.33. The first-order valence-corrected chi connectivity index (χ1v) is 5.85. The Hall–Kier alpha value is -2.50. The molecule has 0 fully saturated rings. The van der Waals surface area contributed by atoms with E-state index in [9.17, 15) is 10.2 Å². The van der Waals surface area contributed by atoms with Crippen molar-refractivity contribution >= 4 is 18.0 Å². The van der Waals surface area contributed by atoms with Crippen LogP contribution >= 0.6 is 0 Å². The van der Waals surface area contributed by atoms with Gasteiger partial charge in [0, 0.05) is 25.0 Å². The number of hydrogen-bond acceptors (Lipinski definition) is 4. The lowest BCUT2D eigenvalue weighted by atomic mass is 9.96. The van der Waals surface area contributed by atoms with Gasteiger partial charge in [0.15, 0.2) is 0 Å². The molecule has 0 unspecified atom stereocenters. The predicted octanol–water partition coefficient (Wildman–Crippen LogP) is 2.24. The Morgan fingerprint density at radius 3 is 1.90 bits per heavy atom. The summed E-state index contributed by atoms with van der Waals surface area (Å²) in [5.74, 6) is -1.13. The quantitative estimate of drug-likeness (QED) is 0.542. The second-order valence-corrected chi connectivity index (χ2v) is 3.98. The Morgan fingerprint density at radius 1 is 1.00 bits per heavy atom. The number of fused-ring (bicyclic) bond motifs is 1. The molecular formula is C14H18O6. The normalized spacial score (nSPS) is 11.1. The lowest BCUT2D eigenvalue weighted by Gasteiger charge is -2.12. The van der Waals surface area contributed by atoms with Crippen molar-refractivity contribution in [1.29, 1.82) is 0 Å². The van der Waals surface area contributed by atoms with Crippen LogP contribution in [0.15, 0.2) is 18.2 Å². The van der Waals surface area contributed by atoms with E-state index in [0.717, 1.165) is 37.8 Å². The molecule has 6 heteroatoms. The highest BCUT2D eigenvalue weighted by Crippen LogP contribution is 2.33. The highest BCUT2D eigenvalue weighted by Gasteiger charge is 2.12. The largest absolute Gasteiger partial charge is 0.508 e. The van der Waals surface area contributed by atoms with E-state index in [1.54, 1.807) is 0 Å². The van der Waals surface area contributed by atoms with E-state index in [1.165, 1.54) is 12.1 Å². The number of aromatic hydroxyl groups is 2. The number of carbonyl (C=O) groups is 2. The van der Waals surface area contributed by atoms with Crippen LogP contribution in [0.5, 0.6) is 11.5 Å². The minimum absolute atomic E-state index is 0.249. The highest BCUT2D eigenvalue weighted by molar-refractivity contribution is 5.66. The van der Waals surface area contributed by atoms with Crippen molar-refractivity contribution in [3.8, 4) is 11.5 Å². The van der Waals surface area contributed by atoms with Crippen LogP contribution in [0.1, 0.15) is 31.4 Å². The number of phenolic OH excluding ortho intramolecular Hbond substituents is 2. The van der Waals surface area contributed by atoms with Gasteiger partial charge in [-0.3, -0.25) is 9.59 Å². The highest BCUT2D eigenvalue weighted by atomic mass is 16.4. The third kappa shape index (κ3) is 7.05. The Labute approximate surface area is 116 Å². The fourth-order valence-corrected chi connectivity index (χ4v) is 1.52. The van der Waals surface area contributed by atoms with Gasteiger partial charge in [0.05, 0.1) is 0 Å². The first kappa shape index (κ1) is 17.5. The van der Waals surface area contributed by atoms with Crippen LogP contribution in [0.2, 0.25) is 0 Å². The van der Waals surface area contributed by atoms with Gasteiger partial charge in [-0.2, -0.15) is 0 Å². The second-order valence-electron chi connectivity index (χ2n) is 3.98. The van der Waals surface area contributed by atoms with E-state index >= 15 is 0 Å². The van der Waals surface area contributed by atoms with Crippen LogP contribution in [0, 0.1) is 0 Å². The van der Waals surface area contributed by atoms with E-state index in [2.05, 4.69) is 0 Å². The Kier molecular flexibility index (Phi) is 7.50. The zero-order chi connectivity index (χ0) is 15.7. The zero-order valence-corrected chi connectivity index (χ0v) is 11.3. The standard InChI is InChI=1S/C10H10O2.2C2H4O2/c11-9-5-6-10(12)8-4-2-1-3-7(8)9;2*1-2(3)4/h1,3,5-6,11-12H,2,4H2;2*1H3,(H,3,4). The summed E-state index contributed by atoms with van der Waals surface area (Å²) in [4.78, 5) is 18.0. The van der Waals surface area contributed by atoms with Crippen LogP contribution in [-0.2, 0) is 16.0 Å². The summed E-state index contributed by atoms with van der Waals surface area (Å²) >= 11 is 0. The van der Waals surface area contributed by atoms with Crippen molar-refractivity contribution < 1.29 is 30.0 Å². The van der Waals surface area contributed by atoms with E-state index in [0.29, 0.717) is 0 Å². The van der Waals surface area contributed by atoms with Crippen molar-refractivity contribution in [3.05, 3.63) is 29.3 Å². The monoisotopic (exact) mass is 282 g/mol. The molecule has 0 heterocycles. The summed E-state index contributed by atoms with van der Waals surface area (Å²) in [6.07, 6.45) is 5.60. The number of benzene rings is 1. The van der Waals surface area contributed by atoms with Crippen molar-refractivity contribution in [2.45, 2.75) is 26.7 Å². The molecule has 1 aromatic rings. The third-order valence-electron chi connectivity index (χ3n) is 2.15. The molecule has 0 saturated carbocycles. The van der Waals surface area contributed by atoms with Crippen molar-refractivity contribution in [2.24, 2.45) is 0 Å². The number of hydrogen-bond donors (Lipinski definition) is 4. The number of rotatable bonds is 0. The summed E-state index contributed by atoms with van der Waals surface area (Å²) in [5, 5.41) is 33.7. The molecule has 110 valence electrons. The molecule has 1 aliphatic rings. The lowest BCUT2D eigenvalue weighted by molar-refractivity contribution is -0.135. The molecular weight excluding hydrogens is 264 g/mol. The van der Waals surface area contributed by atoms with Gasteiger partial charge < -0.3 is 20.4 Å².